The lowest BCUT2D eigenvalue weighted by Crippen LogP contribution is -2.35. The second-order valence-electron chi connectivity index (χ2n) is 4.85. The van der Waals surface area contributed by atoms with Gasteiger partial charge in [-0.15, -0.1) is 0 Å². The van der Waals surface area contributed by atoms with Crippen LogP contribution in [0.25, 0.3) is 0 Å². The Labute approximate surface area is 115 Å². The van der Waals surface area contributed by atoms with E-state index >= 15 is 0 Å². The maximum atomic E-state index is 11.2. The highest BCUT2D eigenvalue weighted by atomic mass is 16.6. The minimum absolute atomic E-state index is 0.116. The number of aromatic carboxylic acids is 1. The molecule has 7 nitrogen and oxygen atoms in total. The Morgan fingerprint density at radius 3 is 2.55 bits per heavy atom. The van der Waals surface area contributed by atoms with Crippen molar-refractivity contribution in [3.8, 4) is 0 Å². The first-order valence-electron chi connectivity index (χ1n) is 6.41. The van der Waals surface area contributed by atoms with Crippen molar-refractivity contribution in [3.05, 3.63) is 33.9 Å². The maximum absolute atomic E-state index is 11.2. The summed E-state index contributed by atoms with van der Waals surface area (Å²) in [4.78, 5) is 23.5. The molecule has 0 aromatic heterocycles. The van der Waals surface area contributed by atoms with Gasteiger partial charge in [0.1, 0.15) is 11.3 Å². The summed E-state index contributed by atoms with van der Waals surface area (Å²) < 4.78 is 0. The summed E-state index contributed by atoms with van der Waals surface area (Å²) in [5.74, 6) is -1.09. The van der Waals surface area contributed by atoms with Gasteiger partial charge in [-0.2, -0.15) is 0 Å². The molecule has 1 saturated heterocycles. The monoisotopic (exact) mass is 280 g/mol. The Balaban J connectivity index is 2.35. The molecule has 108 valence electrons. The van der Waals surface area contributed by atoms with Crippen molar-refractivity contribution in [1.29, 1.82) is 0 Å². The fourth-order valence-corrected chi connectivity index (χ4v) is 2.51. The average Bonchev–Trinajstić information content (AvgIpc) is 2.46. The fraction of sp³-hybridized carbons (Fsp3) is 0.462. The third-order valence-electron chi connectivity index (χ3n) is 3.64. The van der Waals surface area contributed by atoms with Gasteiger partial charge in [0.05, 0.1) is 4.92 Å². The average molecular weight is 280 g/mol. The van der Waals surface area contributed by atoms with Crippen molar-refractivity contribution in [3.63, 3.8) is 0 Å². The van der Waals surface area contributed by atoms with Crippen molar-refractivity contribution in [2.24, 2.45) is 5.92 Å². The molecule has 1 heterocycles. The van der Waals surface area contributed by atoms with Crippen LogP contribution >= 0.6 is 0 Å². The summed E-state index contributed by atoms with van der Waals surface area (Å²) in [7, 11) is 0. The Morgan fingerprint density at radius 1 is 1.40 bits per heavy atom. The van der Waals surface area contributed by atoms with Crippen molar-refractivity contribution in [2.75, 3.05) is 24.6 Å². The van der Waals surface area contributed by atoms with E-state index in [-0.39, 0.29) is 23.8 Å². The number of para-hydroxylation sites is 1. The number of nitrogens with zero attached hydrogens (tertiary/aromatic N) is 2. The topological polar surface area (TPSA) is 104 Å². The molecule has 0 amide bonds. The van der Waals surface area contributed by atoms with Crippen LogP contribution in [0.2, 0.25) is 0 Å². The van der Waals surface area contributed by atoms with Crippen LogP contribution in [0, 0.1) is 16.0 Å². The molecule has 2 rings (SSSR count). The zero-order valence-electron chi connectivity index (χ0n) is 10.9. The van der Waals surface area contributed by atoms with Crippen LogP contribution in [0.1, 0.15) is 23.2 Å². The number of aliphatic hydroxyl groups excluding tert-OH is 1. The van der Waals surface area contributed by atoms with Gasteiger partial charge in [0.25, 0.3) is 0 Å². The highest BCUT2D eigenvalue weighted by Gasteiger charge is 2.29. The van der Waals surface area contributed by atoms with E-state index in [4.69, 9.17) is 10.2 Å². The number of carboxylic acid groups (broad SMARTS) is 1. The summed E-state index contributed by atoms with van der Waals surface area (Å²) in [6.07, 6.45) is 1.48. The van der Waals surface area contributed by atoms with Gasteiger partial charge in [-0.25, -0.2) is 4.79 Å². The summed E-state index contributed by atoms with van der Waals surface area (Å²) in [5, 5.41) is 29.4. The molecule has 1 aliphatic rings. The Hall–Kier alpha value is -2.15. The molecule has 1 aliphatic heterocycles. The molecule has 0 bridgehead atoms. The van der Waals surface area contributed by atoms with E-state index in [0.29, 0.717) is 18.8 Å². The normalized spacial score (nSPS) is 16.1. The molecule has 0 radical (unpaired) electrons. The van der Waals surface area contributed by atoms with Crippen LogP contribution < -0.4 is 4.90 Å². The molecule has 0 aliphatic carbocycles. The molecule has 0 saturated carbocycles. The zero-order valence-corrected chi connectivity index (χ0v) is 10.9. The zero-order chi connectivity index (χ0) is 14.7. The van der Waals surface area contributed by atoms with Gasteiger partial charge in [0.15, 0.2) is 0 Å². The molecule has 7 heteroatoms. The number of hydrogen-bond donors (Lipinski definition) is 2. The molecule has 2 N–H and O–H groups in total. The van der Waals surface area contributed by atoms with Crippen molar-refractivity contribution in [1.82, 2.24) is 0 Å². The van der Waals surface area contributed by atoms with E-state index in [9.17, 15) is 14.9 Å². The number of rotatable bonds is 4. The minimum Gasteiger partial charge on any atom is -0.477 e. The first-order chi connectivity index (χ1) is 9.54. The number of hydrogen-bond acceptors (Lipinski definition) is 5. The molecular weight excluding hydrogens is 264 g/mol. The highest BCUT2D eigenvalue weighted by Crippen LogP contribution is 2.34. The summed E-state index contributed by atoms with van der Waals surface area (Å²) in [6.45, 7) is 1.27. The maximum Gasteiger partial charge on any atom is 0.342 e. The third-order valence-corrected chi connectivity index (χ3v) is 3.64. The lowest BCUT2D eigenvalue weighted by atomic mass is 9.97. The molecule has 0 unspecified atom stereocenters. The van der Waals surface area contributed by atoms with Crippen LogP contribution in [0.3, 0.4) is 0 Å². The van der Waals surface area contributed by atoms with Gasteiger partial charge >= 0.3 is 11.7 Å². The number of aliphatic hydroxyl groups is 1. The first kappa shape index (κ1) is 14.3. The van der Waals surface area contributed by atoms with E-state index in [2.05, 4.69) is 0 Å². The van der Waals surface area contributed by atoms with Crippen LogP contribution in [0.5, 0.6) is 0 Å². The van der Waals surface area contributed by atoms with E-state index < -0.39 is 10.9 Å². The number of piperidine rings is 1. The van der Waals surface area contributed by atoms with Crippen molar-refractivity contribution in [2.45, 2.75) is 12.8 Å². The van der Waals surface area contributed by atoms with Crippen molar-refractivity contribution >= 4 is 17.3 Å². The van der Waals surface area contributed by atoms with Gasteiger partial charge in [0.2, 0.25) is 0 Å². The van der Waals surface area contributed by atoms with E-state index in [0.717, 1.165) is 12.8 Å². The van der Waals surface area contributed by atoms with Crippen molar-refractivity contribution < 1.29 is 19.9 Å². The molecule has 1 aromatic carbocycles. The van der Waals surface area contributed by atoms with Gasteiger partial charge in [0, 0.05) is 19.7 Å². The van der Waals surface area contributed by atoms with E-state index in [1.165, 1.54) is 12.1 Å². The molecular formula is C13H16N2O5. The Kier molecular flexibility index (Phi) is 4.19. The summed E-state index contributed by atoms with van der Waals surface area (Å²) in [6, 6.07) is 4.33. The van der Waals surface area contributed by atoms with E-state index in [1.54, 1.807) is 6.07 Å². The molecule has 20 heavy (non-hydrogen) atoms. The fourth-order valence-electron chi connectivity index (χ4n) is 2.51. The van der Waals surface area contributed by atoms with Gasteiger partial charge in [-0.05, 0) is 30.9 Å². The largest absolute Gasteiger partial charge is 0.477 e. The predicted octanol–water partition coefficient (Wildman–Crippen LogP) is 1.50. The smallest absolute Gasteiger partial charge is 0.342 e. The molecule has 0 spiro atoms. The van der Waals surface area contributed by atoms with Gasteiger partial charge in [-0.3, -0.25) is 10.1 Å². The Morgan fingerprint density at radius 2 is 2.05 bits per heavy atom. The highest BCUT2D eigenvalue weighted by molar-refractivity contribution is 5.95. The number of nitro groups is 1. The van der Waals surface area contributed by atoms with Crippen LogP contribution in [0.15, 0.2) is 18.2 Å². The number of carbonyl (C=O) groups is 1. The first-order valence-corrected chi connectivity index (χ1v) is 6.41. The summed E-state index contributed by atoms with van der Waals surface area (Å²) >= 11 is 0. The predicted molar refractivity (Wildman–Crippen MR) is 72.1 cm³/mol. The third kappa shape index (κ3) is 2.72. The SMILES string of the molecule is O=C(O)c1cccc(N2CCC(CO)CC2)c1[N+](=O)[O-]. The number of nitro benzene ring substituents is 1. The lowest BCUT2D eigenvalue weighted by molar-refractivity contribution is -0.384. The molecule has 1 fully saturated rings. The Bertz CT molecular complexity index is 523. The minimum atomic E-state index is -1.30. The van der Waals surface area contributed by atoms with Gasteiger partial charge in [-0.1, -0.05) is 6.07 Å². The summed E-state index contributed by atoms with van der Waals surface area (Å²) in [5.41, 5.74) is -0.314. The van der Waals surface area contributed by atoms with Crippen LogP contribution in [-0.4, -0.2) is 40.8 Å². The second-order valence-corrected chi connectivity index (χ2v) is 4.85. The second kappa shape index (κ2) is 5.87. The lowest BCUT2D eigenvalue weighted by Gasteiger charge is -2.32. The number of benzene rings is 1. The van der Waals surface area contributed by atoms with Crippen LogP contribution in [0.4, 0.5) is 11.4 Å². The molecule has 1 aromatic rings. The number of anilines is 1. The van der Waals surface area contributed by atoms with Crippen LogP contribution in [-0.2, 0) is 0 Å². The van der Waals surface area contributed by atoms with Gasteiger partial charge < -0.3 is 15.1 Å². The standard InChI is InChI=1S/C13H16N2O5/c16-8-9-4-6-14(7-5-9)11-3-1-2-10(13(17)18)12(11)15(19)20/h1-3,9,16H,4-8H2,(H,17,18). The molecule has 0 atom stereocenters. The number of carboxylic acids is 1. The van der Waals surface area contributed by atoms with E-state index in [1.807, 2.05) is 4.90 Å². The quantitative estimate of drug-likeness (QED) is 0.639.